The van der Waals surface area contributed by atoms with Gasteiger partial charge in [-0.15, -0.1) is 0 Å². The molecule has 106 valence electrons. The zero-order valence-corrected chi connectivity index (χ0v) is 11.0. The Hall–Kier alpha value is -2.04. The molecule has 0 aliphatic heterocycles. The Morgan fingerprint density at radius 2 is 1.60 bits per heavy atom. The minimum Gasteiger partial charge on any atom is -0.378 e. The second-order valence-electron chi connectivity index (χ2n) is 4.67. The average molecular weight is 283 g/mol. The van der Waals surface area contributed by atoms with Gasteiger partial charge in [0.05, 0.1) is 5.56 Å². The van der Waals surface area contributed by atoms with Gasteiger partial charge in [0.25, 0.3) is 0 Å². The Morgan fingerprint density at radius 3 is 2.20 bits per heavy atom. The molecule has 0 heterocycles. The number of benzene rings is 2. The van der Waals surface area contributed by atoms with Gasteiger partial charge in [0.1, 0.15) is 5.82 Å². The number of anilines is 1. The van der Waals surface area contributed by atoms with Crippen LogP contribution in [0, 0.1) is 5.82 Å². The lowest BCUT2D eigenvalue weighted by molar-refractivity contribution is -0.137. The molecule has 0 fully saturated rings. The van der Waals surface area contributed by atoms with Gasteiger partial charge in [0.2, 0.25) is 0 Å². The maximum atomic E-state index is 13.6. The average Bonchev–Trinajstić information content (AvgIpc) is 2.37. The first-order chi connectivity index (χ1) is 9.27. The van der Waals surface area contributed by atoms with Crippen molar-refractivity contribution >= 4 is 5.69 Å². The molecule has 0 N–H and O–H groups in total. The maximum Gasteiger partial charge on any atom is 0.416 e. The third kappa shape index (κ3) is 3.10. The van der Waals surface area contributed by atoms with Gasteiger partial charge in [-0.25, -0.2) is 4.39 Å². The standard InChI is InChI=1S/C15H13F4N/c1-20(2)14-8-11(7-13(16)9-14)10-4-3-5-12(6-10)15(17,18)19/h3-9H,1-2H3. The summed E-state index contributed by atoms with van der Waals surface area (Å²) < 4.78 is 51.6. The van der Waals surface area contributed by atoms with Gasteiger partial charge in [-0.3, -0.25) is 0 Å². The topological polar surface area (TPSA) is 3.24 Å². The lowest BCUT2D eigenvalue weighted by Crippen LogP contribution is -2.09. The summed E-state index contributed by atoms with van der Waals surface area (Å²) >= 11 is 0. The number of halogens is 4. The third-order valence-electron chi connectivity index (χ3n) is 2.92. The van der Waals surface area contributed by atoms with Crippen LogP contribution in [-0.2, 0) is 6.18 Å². The van der Waals surface area contributed by atoms with Gasteiger partial charge in [-0.2, -0.15) is 13.2 Å². The lowest BCUT2D eigenvalue weighted by atomic mass is 10.0. The van der Waals surface area contributed by atoms with Crippen LogP contribution in [0.4, 0.5) is 23.2 Å². The van der Waals surface area contributed by atoms with E-state index in [4.69, 9.17) is 0 Å². The van der Waals surface area contributed by atoms with E-state index in [-0.39, 0.29) is 0 Å². The van der Waals surface area contributed by atoms with Crippen LogP contribution < -0.4 is 4.90 Å². The molecule has 2 aromatic carbocycles. The van der Waals surface area contributed by atoms with Crippen molar-refractivity contribution in [2.75, 3.05) is 19.0 Å². The van der Waals surface area contributed by atoms with Crippen molar-refractivity contribution in [2.24, 2.45) is 0 Å². The highest BCUT2D eigenvalue weighted by Crippen LogP contribution is 2.33. The van der Waals surface area contributed by atoms with Gasteiger partial charge < -0.3 is 4.90 Å². The molecule has 0 aliphatic rings. The lowest BCUT2D eigenvalue weighted by Gasteiger charge is -2.15. The Bertz CT molecular complexity index is 618. The van der Waals surface area contributed by atoms with Gasteiger partial charge in [-0.1, -0.05) is 12.1 Å². The Balaban J connectivity index is 2.51. The summed E-state index contributed by atoms with van der Waals surface area (Å²) in [5.74, 6) is -0.483. The smallest absolute Gasteiger partial charge is 0.378 e. The van der Waals surface area contributed by atoms with E-state index in [1.165, 1.54) is 24.3 Å². The number of hydrogen-bond acceptors (Lipinski definition) is 1. The molecule has 0 aliphatic carbocycles. The predicted octanol–water partition coefficient (Wildman–Crippen LogP) is 4.58. The molecule has 0 saturated carbocycles. The molecule has 2 rings (SSSR count). The summed E-state index contributed by atoms with van der Waals surface area (Å²) in [5.41, 5.74) is 0.602. The monoisotopic (exact) mass is 283 g/mol. The summed E-state index contributed by atoms with van der Waals surface area (Å²) in [7, 11) is 3.48. The Morgan fingerprint density at radius 1 is 0.900 bits per heavy atom. The van der Waals surface area contributed by atoms with E-state index in [1.807, 2.05) is 0 Å². The van der Waals surface area contributed by atoms with Crippen molar-refractivity contribution < 1.29 is 17.6 Å². The highest BCUT2D eigenvalue weighted by Gasteiger charge is 2.30. The fourth-order valence-corrected chi connectivity index (χ4v) is 1.87. The number of hydrogen-bond donors (Lipinski definition) is 0. The molecule has 0 radical (unpaired) electrons. The fraction of sp³-hybridized carbons (Fsp3) is 0.200. The molecule has 0 aromatic heterocycles. The molecule has 5 heteroatoms. The summed E-state index contributed by atoms with van der Waals surface area (Å²) in [6.07, 6.45) is -4.41. The summed E-state index contributed by atoms with van der Waals surface area (Å²) in [5, 5.41) is 0. The molecule has 0 unspecified atom stereocenters. The van der Waals surface area contributed by atoms with Gasteiger partial charge >= 0.3 is 6.18 Å². The minimum absolute atomic E-state index is 0.336. The second kappa shape index (κ2) is 5.15. The van der Waals surface area contributed by atoms with Crippen LogP contribution in [0.25, 0.3) is 11.1 Å². The van der Waals surface area contributed by atoms with Crippen LogP contribution in [0.2, 0.25) is 0 Å². The molecular weight excluding hydrogens is 270 g/mol. The third-order valence-corrected chi connectivity index (χ3v) is 2.92. The number of nitrogens with zero attached hydrogens (tertiary/aromatic N) is 1. The molecule has 0 amide bonds. The zero-order valence-electron chi connectivity index (χ0n) is 11.0. The molecule has 0 spiro atoms. The Labute approximate surface area is 114 Å². The zero-order chi connectivity index (χ0) is 14.9. The van der Waals surface area contributed by atoms with Gasteiger partial charge in [-0.05, 0) is 41.5 Å². The Kier molecular flexibility index (Phi) is 3.70. The van der Waals surface area contributed by atoms with Crippen LogP contribution in [0.3, 0.4) is 0 Å². The molecular formula is C15H13F4N. The van der Waals surface area contributed by atoms with Crippen molar-refractivity contribution in [3.63, 3.8) is 0 Å². The van der Waals surface area contributed by atoms with Crippen LogP contribution in [-0.4, -0.2) is 14.1 Å². The molecule has 0 saturated heterocycles. The largest absolute Gasteiger partial charge is 0.416 e. The maximum absolute atomic E-state index is 13.6. The second-order valence-corrected chi connectivity index (χ2v) is 4.67. The first-order valence-electron chi connectivity index (χ1n) is 5.93. The quantitative estimate of drug-likeness (QED) is 0.729. The summed E-state index contributed by atoms with van der Waals surface area (Å²) in [6, 6.07) is 9.07. The van der Waals surface area contributed by atoms with E-state index in [9.17, 15) is 17.6 Å². The fourth-order valence-electron chi connectivity index (χ4n) is 1.87. The van der Waals surface area contributed by atoms with E-state index in [0.717, 1.165) is 12.1 Å². The van der Waals surface area contributed by atoms with Crippen molar-refractivity contribution in [3.05, 3.63) is 53.8 Å². The molecule has 1 nitrogen and oxygen atoms in total. The van der Waals surface area contributed by atoms with Crippen LogP contribution >= 0.6 is 0 Å². The number of alkyl halides is 3. The van der Waals surface area contributed by atoms with Crippen LogP contribution in [0.1, 0.15) is 5.56 Å². The van der Waals surface area contributed by atoms with Crippen LogP contribution in [0.5, 0.6) is 0 Å². The summed E-state index contributed by atoms with van der Waals surface area (Å²) in [4.78, 5) is 1.69. The van der Waals surface area contributed by atoms with Crippen molar-refractivity contribution in [1.29, 1.82) is 0 Å². The number of rotatable bonds is 2. The summed E-state index contributed by atoms with van der Waals surface area (Å²) in [6.45, 7) is 0. The first kappa shape index (κ1) is 14.4. The van der Waals surface area contributed by atoms with Gasteiger partial charge in [0, 0.05) is 19.8 Å². The molecule has 0 atom stereocenters. The van der Waals surface area contributed by atoms with Crippen molar-refractivity contribution in [1.82, 2.24) is 0 Å². The SMILES string of the molecule is CN(C)c1cc(F)cc(-c2cccc(C(F)(F)F)c2)c1. The van der Waals surface area contributed by atoms with E-state index in [2.05, 4.69) is 0 Å². The normalized spacial score (nSPS) is 11.5. The molecule has 2 aromatic rings. The predicted molar refractivity (Wildman–Crippen MR) is 71.2 cm³/mol. The van der Waals surface area contributed by atoms with Crippen molar-refractivity contribution in [3.8, 4) is 11.1 Å². The van der Waals surface area contributed by atoms with E-state index < -0.39 is 17.6 Å². The molecule has 0 bridgehead atoms. The van der Waals surface area contributed by atoms with Crippen LogP contribution in [0.15, 0.2) is 42.5 Å². The van der Waals surface area contributed by atoms with Crippen molar-refractivity contribution in [2.45, 2.75) is 6.18 Å². The minimum atomic E-state index is -4.41. The highest BCUT2D eigenvalue weighted by molar-refractivity contribution is 5.69. The van der Waals surface area contributed by atoms with E-state index in [1.54, 1.807) is 25.1 Å². The highest BCUT2D eigenvalue weighted by atomic mass is 19.4. The van der Waals surface area contributed by atoms with Gasteiger partial charge in [0.15, 0.2) is 0 Å². The molecule has 20 heavy (non-hydrogen) atoms. The van der Waals surface area contributed by atoms with E-state index >= 15 is 0 Å². The van der Waals surface area contributed by atoms with E-state index in [0.29, 0.717) is 16.8 Å². The first-order valence-corrected chi connectivity index (χ1v) is 5.93.